The minimum Gasteiger partial charge on any atom is -0.481 e. The van der Waals surface area contributed by atoms with Crippen LogP contribution in [0.2, 0.25) is 0 Å². The van der Waals surface area contributed by atoms with Gasteiger partial charge in [-0.1, -0.05) is 26.2 Å². The highest BCUT2D eigenvalue weighted by Gasteiger charge is 2.44. The molecule has 2 aromatic rings. The molecule has 1 saturated carbocycles. The number of amides is 1. The average molecular weight is 472 g/mol. The van der Waals surface area contributed by atoms with Crippen LogP contribution in [-0.4, -0.2) is 49.4 Å². The Balaban J connectivity index is 0.000000271. The molecule has 2 aromatic heterocycles. The van der Waals surface area contributed by atoms with Crippen LogP contribution >= 0.6 is 0 Å². The molecule has 0 bridgehead atoms. The average Bonchev–Trinajstić information content (AvgIpc) is 3.45. The molecule has 0 spiro atoms. The van der Waals surface area contributed by atoms with E-state index in [0.717, 1.165) is 19.3 Å². The van der Waals surface area contributed by atoms with Gasteiger partial charge in [0.15, 0.2) is 11.4 Å². The molecule has 184 valence electrons. The van der Waals surface area contributed by atoms with Crippen LogP contribution in [0.3, 0.4) is 0 Å². The highest BCUT2D eigenvalue weighted by Crippen LogP contribution is 2.39. The number of aliphatic hydroxyl groups is 1. The largest absolute Gasteiger partial charge is 0.481 e. The molecule has 10 heteroatoms. The zero-order valence-electron chi connectivity index (χ0n) is 19.6. The van der Waals surface area contributed by atoms with Gasteiger partial charge in [0, 0.05) is 12.8 Å². The van der Waals surface area contributed by atoms with Crippen LogP contribution < -0.4 is 5.32 Å². The molecule has 3 N–H and O–H groups in total. The summed E-state index contributed by atoms with van der Waals surface area (Å²) in [7, 11) is 0. The second-order valence-electron chi connectivity index (χ2n) is 8.92. The summed E-state index contributed by atoms with van der Waals surface area (Å²) in [5.74, 6) is 0.131. The fourth-order valence-electron chi connectivity index (χ4n) is 4.62. The number of aromatic nitrogens is 3. The molecular weight excluding hydrogens is 438 g/mol. The summed E-state index contributed by atoms with van der Waals surface area (Å²) in [6.07, 6.45) is 9.62. The van der Waals surface area contributed by atoms with Crippen molar-refractivity contribution in [3.8, 4) is 6.07 Å². The van der Waals surface area contributed by atoms with Gasteiger partial charge in [-0.2, -0.15) is 10.4 Å². The molecule has 2 atom stereocenters. The number of carbonyl (C=O) groups excluding carboxylic acids is 1. The summed E-state index contributed by atoms with van der Waals surface area (Å²) >= 11 is 0. The van der Waals surface area contributed by atoms with Crippen molar-refractivity contribution >= 4 is 23.2 Å². The van der Waals surface area contributed by atoms with Crippen molar-refractivity contribution in [1.29, 1.82) is 5.26 Å². The number of nitrogens with one attached hydrogen (secondary N) is 1. The van der Waals surface area contributed by atoms with Crippen molar-refractivity contribution in [2.24, 2.45) is 5.92 Å². The second kappa shape index (κ2) is 11.9. The van der Waals surface area contributed by atoms with Gasteiger partial charge in [0.25, 0.3) is 0 Å². The third-order valence-corrected chi connectivity index (χ3v) is 6.36. The second-order valence-corrected chi connectivity index (χ2v) is 8.92. The monoisotopic (exact) mass is 471 g/mol. The fourth-order valence-corrected chi connectivity index (χ4v) is 4.62. The van der Waals surface area contributed by atoms with Crippen LogP contribution in [0, 0.1) is 17.2 Å². The fraction of sp³-hybridized carbons (Fsp3) is 0.625. The van der Waals surface area contributed by atoms with E-state index in [1.807, 2.05) is 6.92 Å². The Morgan fingerprint density at radius 3 is 2.68 bits per heavy atom. The zero-order valence-corrected chi connectivity index (χ0v) is 19.6. The Hall–Kier alpha value is -3.03. The molecule has 4 rings (SSSR count). The third kappa shape index (κ3) is 6.10. The molecule has 1 amide bonds. The molecule has 1 aliphatic heterocycles. The lowest BCUT2D eigenvalue weighted by Gasteiger charge is -2.21. The predicted molar refractivity (Wildman–Crippen MR) is 124 cm³/mol. The topological polar surface area (TPSA) is 150 Å². The van der Waals surface area contributed by atoms with Crippen molar-refractivity contribution < 1.29 is 24.5 Å². The van der Waals surface area contributed by atoms with E-state index in [1.165, 1.54) is 25.6 Å². The lowest BCUT2D eigenvalue weighted by Crippen LogP contribution is -2.28. The maximum absolute atomic E-state index is 11.8. The number of carbonyl (C=O) groups is 2. The number of nitrogens with zero attached hydrogens (tertiary/aromatic N) is 4. The number of ether oxygens (including phenoxy) is 1. The van der Waals surface area contributed by atoms with Gasteiger partial charge in [-0.3, -0.25) is 9.59 Å². The summed E-state index contributed by atoms with van der Waals surface area (Å²) in [5, 5.41) is 34.4. The predicted octanol–water partition coefficient (Wildman–Crippen LogP) is 3.40. The lowest BCUT2D eigenvalue weighted by atomic mass is 9.87. The van der Waals surface area contributed by atoms with Crippen molar-refractivity contribution in [3.63, 3.8) is 0 Å². The van der Waals surface area contributed by atoms with Crippen LogP contribution in [0.4, 0.5) is 5.82 Å². The van der Waals surface area contributed by atoms with Gasteiger partial charge in [0.05, 0.1) is 18.4 Å². The number of hydrogen-bond donors (Lipinski definition) is 3. The van der Waals surface area contributed by atoms with E-state index in [1.54, 1.807) is 16.6 Å². The number of carboxylic acid groups (broad SMARTS) is 1. The standard InChI is InChI=1S/C16H19N5O3.C8H14O2/c1-2-3-14(23)20-15-12-4-5-13(21(12)19-10-18-15)16(9-17)7-6-11(8-22)24-16;9-8(10)6-7-4-2-1-3-5-7/h4-5,10-11,22H,2-3,6-8H2,1H3,(H,18,19,20,23);7H,1-6H2,(H,9,10). The smallest absolute Gasteiger partial charge is 0.303 e. The first-order chi connectivity index (χ1) is 16.4. The molecule has 2 unspecified atom stereocenters. The number of hydrogen-bond acceptors (Lipinski definition) is 7. The summed E-state index contributed by atoms with van der Waals surface area (Å²) in [5.41, 5.74) is 0.0192. The van der Waals surface area contributed by atoms with Crippen molar-refractivity contribution in [1.82, 2.24) is 14.6 Å². The van der Waals surface area contributed by atoms with Gasteiger partial charge in [0.2, 0.25) is 5.91 Å². The van der Waals surface area contributed by atoms with E-state index >= 15 is 0 Å². The van der Waals surface area contributed by atoms with Crippen molar-refractivity contribution in [3.05, 3.63) is 24.2 Å². The molecule has 10 nitrogen and oxygen atoms in total. The normalized spacial score (nSPS) is 22.6. The summed E-state index contributed by atoms with van der Waals surface area (Å²) < 4.78 is 7.35. The Morgan fingerprint density at radius 1 is 1.29 bits per heavy atom. The minimum atomic E-state index is -1.15. The van der Waals surface area contributed by atoms with Gasteiger partial charge < -0.3 is 20.3 Å². The van der Waals surface area contributed by atoms with Crippen molar-refractivity contribution in [2.45, 2.75) is 82.8 Å². The first-order valence-corrected chi connectivity index (χ1v) is 12.0. The molecule has 1 saturated heterocycles. The molecule has 0 radical (unpaired) electrons. The summed E-state index contributed by atoms with van der Waals surface area (Å²) in [6.45, 7) is 1.80. The molecular formula is C24H33N5O5. The lowest BCUT2D eigenvalue weighted by molar-refractivity contribution is -0.138. The number of rotatable bonds is 7. The zero-order chi connectivity index (χ0) is 24.6. The SMILES string of the molecule is CCCC(=O)Nc1ncnn2c(C3(C#N)CCC(CO)O3)ccc12.O=C(O)CC1CCCCC1. The Bertz CT molecular complexity index is 1030. The highest BCUT2D eigenvalue weighted by molar-refractivity contribution is 5.93. The van der Waals surface area contributed by atoms with Gasteiger partial charge in [-0.05, 0) is 50.2 Å². The van der Waals surface area contributed by atoms with Gasteiger partial charge in [-0.25, -0.2) is 9.50 Å². The number of aliphatic carboxylic acids is 1. The Morgan fingerprint density at radius 2 is 2.06 bits per heavy atom. The van der Waals surface area contributed by atoms with Crippen LogP contribution in [0.15, 0.2) is 18.5 Å². The molecule has 2 aliphatic rings. The van der Waals surface area contributed by atoms with E-state index in [9.17, 15) is 20.0 Å². The number of carboxylic acids is 1. The number of anilines is 1. The van der Waals surface area contributed by atoms with E-state index in [4.69, 9.17) is 9.84 Å². The van der Waals surface area contributed by atoms with Gasteiger partial charge in [-0.15, -0.1) is 0 Å². The molecule has 3 heterocycles. The molecule has 34 heavy (non-hydrogen) atoms. The number of aliphatic hydroxyl groups excluding tert-OH is 1. The maximum Gasteiger partial charge on any atom is 0.303 e. The maximum atomic E-state index is 11.8. The van der Waals surface area contributed by atoms with Crippen LogP contribution in [0.5, 0.6) is 0 Å². The van der Waals surface area contributed by atoms with Crippen LogP contribution in [0.1, 0.15) is 76.8 Å². The molecule has 0 aromatic carbocycles. The van der Waals surface area contributed by atoms with E-state index in [-0.39, 0.29) is 18.6 Å². The third-order valence-electron chi connectivity index (χ3n) is 6.36. The van der Waals surface area contributed by atoms with E-state index in [0.29, 0.717) is 48.6 Å². The van der Waals surface area contributed by atoms with Crippen LogP contribution in [0.25, 0.3) is 5.52 Å². The van der Waals surface area contributed by atoms with Crippen molar-refractivity contribution in [2.75, 3.05) is 11.9 Å². The number of nitriles is 1. The molecule has 2 fully saturated rings. The van der Waals surface area contributed by atoms with Gasteiger partial charge >= 0.3 is 5.97 Å². The van der Waals surface area contributed by atoms with Gasteiger partial charge in [0.1, 0.15) is 17.9 Å². The first kappa shape index (κ1) is 25.6. The Labute approximate surface area is 198 Å². The molecule has 1 aliphatic carbocycles. The van der Waals surface area contributed by atoms with E-state index < -0.39 is 11.6 Å². The Kier molecular flexibility index (Phi) is 8.96. The quantitative estimate of drug-likeness (QED) is 0.556. The summed E-state index contributed by atoms with van der Waals surface area (Å²) in [6, 6.07) is 5.72. The first-order valence-electron chi connectivity index (χ1n) is 12.0. The highest BCUT2D eigenvalue weighted by atomic mass is 16.5. The van der Waals surface area contributed by atoms with E-state index in [2.05, 4.69) is 21.5 Å². The number of fused-ring (bicyclic) bond motifs is 1. The summed E-state index contributed by atoms with van der Waals surface area (Å²) in [4.78, 5) is 26.2. The minimum absolute atomic E-state index is 0.117. The van der Waals surface area contributed by atoms with Crippen LogP contribution in [-0.2, 0) is 19.9 Å².